The first-order valence-corrected chi connectivity index (χ1v) is 3.74. The van der Waals surface area contributed by atoms with Crippen molar-refractivity contribution in [3.8, 4) is 0 Å². The van der Waals surface area contributed by atoms with Crippen molar-refractivity contribution < 1.29 is 9.53 Å². The lowest BCUT2D eigenvalue weighted by Gasteiger charge is -2.30. The Morgan fingerprint density at radius 2 is 2.15 bits per heavy atom. The van der Waals surface area contributed by atoms with Crippen LogP contribution in [-0.4, -0.2) is 50.7 Å². The largest absolute Gasteiger partial charge is 0.468 e. The molecule has 0 aromatic rings. The molecule has 0 aromatic carbocycles. The second-order valence-electron chi connectivity index (χ2n) is 2.72. The molecule has 1 heterocycles. The molecule has 1 aliphatic heterocycles. The van der Waals surface area contributed by atoms with Crippen LogP contribution in [0.1, 0.15) is 0 Å². The third-order valence-corrected chi connectivity index (χ3v) is 1.98. The average molecular weight is 231 g/mol. The lowest BCUT2D eigenvalue weighted by molar-refractivity contribution is -0.146. The summed E-state index contributed by atoms with van der Waals surface area (Å²) in [5.41, 5.74) is 0. The number of rotatable bonds is 1. The van der Waals surface area contributed by atoms with E-state index in [-0.39, 0.29) is 36.8 Å². The van der Waals surface area contributed by atoms with Crippen molar-refractivity contribution in [2.24, 2.45) is 0 Å². The maximum Gasteiger partial charge on any atom is 0.324 e. The topological polar surface area (TPSA) is 41.6 Å². The molecule has 4 nitrogen and oxygen atoms in total. The van der Waals surface area contributed by atoms with Crippen molar-refractivity contribution in [1.29, 1.82) is 0 Å². The van der Waals surface area contributed by atoms with Crippen LogP contribution in [0.4, 0.5) is 0 Å². The Hall–Kier alpha value is -0.0300. The summed E-state index contributed by atoms with van der Waals surface area (Å²) < 4.78 is 4.64. The number of carbonyl (C=O) groups is 1. The fourth-order valence-corrected chi connectivity index (χ4v) is 1.21. The fraction of sp³-hybridized carbons (Fsp3) is 0.857. The van der Waals surface area contributed by atoms with E-state index in [1.807, 2.05) is 11.9 Å². The highest BCUT2D eigenvalue weighted by Crippen LogP contribution is 2.00. The lowest BCUT2D eigenvalue weighted by Crippen LogP contribution is -2.53. The number of ether oxygens (including phenoxy) is 1. The second-order valence-corrected chi connectivity index (χ2v) is 2.72. The smallest absolute Gasteiger partial charge is 0.324 e. The number of likely N-dealkylation sites (N-methyl/N-ethyl adjacent to an activating group) is 1. The van der Waals surface area contributed by atoms with Gasteiger partial charge in [-0.1, -0.05) is 0 Å². The number of hydrogen-bond donors (Lipinski definition) is 1. The average Bonchev–Trinajstić information content (AvgIpc) is 2.04. The van der Waals surface area contributed by atoms with Gasteiger partial charge in [0.05, 0.1) is 7.11 Å². The number of nitrogens with zero attached hydrogens (tertiary/aromatic N) is 1. The summed E-state index contributed by atoms with van der Waals surface area (Å²) in [5.74, 6) is -0.153. The van der Waals surface area contributed by atoms with Gasteiger partial charge in [-0.05, 0) is 7.05 Å². The van der Waals surface area contributed by atoms with E-state index >= 15 is 0 Å². The molecule has 80 valence electrons. The van der Waals surface area contributed by atoms with Crippen molar-refractivity contribution in [2.75, 3.05) is 33.8 Å². The van der Waals surface area contributed by atoms with Gasteiger partial charge in [-0.3, -0.25) is 9.69 Å². The quantitative estimate of drug-likeness (QED) is 0.640. The number of carbonyl (C=O) groups excluding carboxylic acids is 1. The van der Waals surface area contributed by atoms with Gasteiger partial charge < -0.3 is 10.1 Å². The molecule has 1 N–H and O–H groups in total. The number of halogens is 2. The van der Waals surface area contributed by atoms with Gasteiger partial charge in [0.25, 0.3) is 0 Å². The maximum atomic E-state index is 11.1. The highest BCUT2D eigenvalue weighted by molar-refractivity contribution is 5.85. The van der Waals surface area contributed by atoms with Gasteiger partial charge in [-0.25, -0.2) is 0 Å². The van der Waals surface area contributed by atoms with Gasteiger partial charge in [-0.15, -0.1) is 24.8 Å². The first-order chi connectivity index (χ1) is 5.25. The summed E-state index contributed by atoms with van der Waals surface area (Å²) >= 11 is 0. The molecule has 0 bridgehead atoms. The summed E-state index contributed by atoms with van der Waals surface area (Å²) in [6.45, 7) is 2.55. The predicted molar refractivity (Wildman–Crippen MR) is 55.8 cm³/mol. The van der Waals surface area contributed by atoms with Crippen LogP contribution in [0.2, 0.25) is 0 Å². The zero-order valence-electron chi connectivity index (χ0n) is 7.78. The molecular formula is C7H16Cl2N2O2. The Morgan fingerprint density at radius 3 is 2.62 bits per heavy atom. The van der Waals surface area contributed by atoms with Crippen LogP contribution < -0.4 is 5.32 Å². The van der Waals surface area contributed by atoms with Gasteiger partial charge in [0.1, 0.15) is 6.04 Å². The van der Waals surface area contributed by atoms with Crippen molar-refractivity contribution in [3.05, 3.63) is 0 Å². The van der Waals surface area contributed by atoms with Crippen LogP contribution in [0, 0.1) is 0 Å². The number of piperazine rings is 1. The first kappa shape index (κ1) is 15.4. The molecule has 0 aliphatic carbocycles. The molecule has 13 heavy (non-hydrogen) atoms. The molecule has 0 unspecified atom stereocenters. The normalized spacial score (nSPS) is 22.5. The van der Waals surface area contributed by atoms with E-state index in [2.05, 4.69) is 10.1 Å². The molecule has 1 rings (SSSR count). The highest BCUT2D eigenvalue weighted by Gasteiger charge is 2.25. The van der Waals surface area contributed by atoms with Crippen molar-refractivity contribution in [2.45, 2.75) is 6.04 Å². The summed E-state index contributed by atoms with van der Waals surface area (Å²) in [6.07, 6.45) is 0. The van der Waals surface area contributed by atoms with Crippen molar-refractivity contribution in [3.63, 3.8) is 0 Å². The molecule has 0 radical (unpaired) electrons. The number of hydrogen-bond acceptors (Lipinski definition) is 4. The van der Waals surface area contributed by atoms with Crippen LogP contribution >= 0.6 is 24.8 Å². The van der Waals surface area contributed by atoms with E-state index in [0.717, 1.165) is 13.1 Å². The minimum Gasteiger partial charge on any atom is -0.468 e. The third kappa shape index (κ3) is 4.13. The predicted octanol–water partition coefficient (Wildman–Crippen LogP) is -0.0934. The maximum absolute atomic E-state index is 11.1. The van der Waals surface area contributed by atoms with Gasteiger partial charge in [-0.2, -0.15) is 0 Å². The van der Waals surface area contributed by atoms with Gasteiger partial charge >= 0.3 is 5.97 Å². The van der Waals surface area contributed by atoms with Crippen LogP contribution in [-0.2, 0) is 9.53 Å². The summed E-state index contributed by atoms with van der Waals surface area (Å²) in [6, 6.07) is -0.103. The molecular weight excluding hydrogens is 215 g/mol. The van der Waals surface area contributed by atoms with E-state index in [4.69, 9.17) is 0 Å². The minimum atomic E-state index is -0.153. The van der Waals surface area contributed by atoms with Crippen LogP contribution in [0.15, 0.2) is 0 Å². The lowest BCUT2D eigenvalue weighted by atomic mass is 10.2. The van der Waals surface area contributed by atoms with E-state index < -0.39 is 0 Å². The first-order valence-electron chi connectivity index (χ1n) is 3.74. The Bertz CT molecular complexity index is 157. The molecule has 1 aliphatic rings. The minimum absolute atomic E-state index is 0. The standard InChI is InChI=1S/C7H14N2O2.2ClH/c1-9-4-3-8-5-6(9)7(10)11-2;;/h6,8H,3-5H2,1-2H3;2*1H/t6-;;/m0../s1. The zero-order valence-corrected chi connectivity index (χ0v) is 9.41. The van der Waals surface area contributed by atoms with Crippen molar-refractivity contribution >= 4 is 30.8 Å². The number of methoxy groups -OCH3 is 1. The van der Waals surface area contributed by atoms with Gasteiger partial charge in [0.2, 0.25) is 0 Å². The Morgan fingerprint density at radius 1 is 1.54 bits per heavy atom. The van der Waals surface area contributed by atoms with Crippen LogP contribution in [0.5, 0.6) is 0 Å². The Labute approximate surface area is 90.8 Å². The number of esters is 1. The van der Waals surface area contributed by atoms with Gasteiger partial charge in [0, 0.05) is 19.6 Å². The van der Waals surface area contributed by atoms with Crippen molar-refractivity contribution in [1.82, 2.24) is 10.2 Å². The highest BCUT2D eigenvalue weighted by atomic mass is 35.5. The van der Waals surface area contributed by atoms with E-state index in [9.17, 15) is 4.79 Å². The SMILES string of the molecule is COC(=O)[C@@H]1CNCCN1C.Cl.Cl. The second kappa shape index (κ2) is 7.38. The van der Waals surface area contributed by atoms with Gasteiger partial charge in [0.15, 0.2) is 0 Å². The molecule has 1 atom stereocenters. The summed E-state index contributed by atoms with van der Waals surface area (Å²) in [4.78, 5) is 13.1. The summed E-state index contributed by atoms with van der Waals surface area (Å²) in [7, 11) is 3.35. The van der Waals surface area contributed by atoms with Crippen LogP contribution in [0.25, 0.3) is 0 Å². The third-order valence-electron chi connectivity index (χ3n) is 1.98. The molecule has 1 fully saturated rings. The molecule has 0 aromatic heterocycles. The molecule has 0 amide bonds. The molecule has 0 spiro atoms. The summed E-state index contributed by atoms with van der Waals surface area (Å²) in [5, 5.41) is 3.14. The monoisotopic (exact) mass is 230 g/mol. The van der Waals surface area contributed by atoms with Crippen LogP contribution in [0.3, 0.4) is 0 Å². The molecule has 1 saturated heterocycles. The van der Waals surface area contributed by atoms with E-state index in [1.165, 1.54) is 7.11 Å². The molecule has 6 heteroatoms. The number of nitrogens with one attached hydrogen (secondary N) is 1. The Kier molecular flexibility index (Phi) is 8.77. The Balaban J connectivity index is 0. The fourth-order valence-electron chi connectivity index (χ4n) is 1.21. The van der Waals surface area contributed by atoms with E-state index in [1.54, 1.807) is 0 Å². The molecule has 0 saturated carbocycles. The van der Waals surface area contributed by atoms with E-state index in [0.29, 0.717) is 6.54 Å². The zero-order chi connectivity index (χ0) is 8.27.